The molecule has 0 aromatic carbocycles. The summed E-state index contributed by atoms with van der Waals surface area (Å²) in [7, 11) is 0. The first-order valence-electron chi connectivity index (χ1n) is 12.3. The van der Waals surface area contributed by atoms with Crippen LogP contribution in [-0.2, 0) is 9.53 Å². The van der Waals surface area contributed by atoms with Gasteiger partial charge in [-0.3, -0.25) is 0 Å². The van der Waals surface area contributed by atoms with Crippen molar-refractivity contribution in [3.05, 3.63) is 0 Å². The average Bonchev–Trinajstić information content (AvgIpc) is 2.75. The first-order chi connectivity index (χ1) is 14.5. The first-order valence-corrected chi connectivity index (χ1v) is 13.4. The quantitative estimate of drug-likeness (QED) is 0.103. The van der Waals surface area contributed by atoms with E-state index in [1.54, 1.807) is 0 Å². The van der Waals surface area contributed by atoms with Crippen molar-refractivity contribution < 1.29 is 24.9 Å². The minimum atomic E-state index is -1.69. The maximum absolute atomic E-state index is 11.5. The molecule has 0 rings (SSSR count). The number of hydrogen-bond donors (Lipinski definition) is 3. The summed E-state index contributed by atoms with van der Waals surface area (Å²) in [5.74, 6) is -0.895. The molecule has 0 bridgehead atoms. The van der Waals surface area contributed by atoms with Crippen LogP contribution in [0.25, 0.3) is 0 Å². The van der Waals surface area contributed by atoms with Crippen molar-refractivity contribution in [2.24, 2.45) is 0 Å². The molecular weight excluding hydrogens is 448 g/mol. The topological polar surface area (TPSA) is 87.0 Å². The van der Waals surface area contributed by atoms with Crippen LogP contribution in [0.15, 0.2) is 0 Å². The molecule has 3 atom stereocenters. The molecule has 0 amide bonds. The second kappa shape index (κ2) is 22.0. The number of halogens is 1. The number of aliphatic hydroxyl groups is 3. The lowest BCUT2D eigenvalue weighted by molar-refractivity contribution is -0.164. The van der Waals surface area contributed by atoms with Gasteiger partial charge >= 0.3 is 5.97 Å². The fourth-order valence-corrected chi connectivity index (χ4v) is 3.81. The highest BCUT2D eigenvalue weighted by molar-refractivity contribution is 9.09. The molecule has 5 nitrogen and oxygen atoms in total. The zero-order chi connectivity index (χ0) is 22.5. The van der Waals surface area contributed by atoms with Gasteiger partial charge in [-0.25, -0.2) is 4.79 Å². The minimum Gasteiger partial charge on any atom is -0.463 e. The van der Waals surface area contributed by atoms with E-state index in [1.807, 2.05) is 0 Å². The van der Waals surface area contributed by atoms with Gasteiger partial charge in [-0.2, -0.15) is 0 Å². The largest absolute Gasteiger partial charge is 0.463 e. The van der Waals surface area contributed by atoms with Crippen LogP contribution < -0.4 is 0 Å². The van der Waals surface area contributed by atoms with Crippen LogP contribution in [0.3, 0.4) is 0 Å². The minimum absolute atomic E-state index is 0.123. The lowest BCUT2D eigenvalue weighted by Gasteiger charge is -2.21. The number of aliphatic hydroxyl groups excluding tert-OH is 3. The van der Waals surface area contributed by atoms with Gasteiger partial charge in [-0.15, -0.1) is 0 Å². The smallest absolute Gasteiger partial charge is 0.337 e. The monoisotopic (exact) mass is 494 g/mol. The van der Waals surface area contributed by atoms with Crippen molar-refractivity contribution >= 4 is 21.9 Å². The zero-order valence-electron chi connectivity index (χ0n) is 19.2. The van der Waals surface area contributed by atoms with Crippen LogP contribution in [-0.4, -0.2) is 51.5 Å². The number of ether oxygens (including phenoxy) is 1. The predicted molar refractivity (Wildman–Crippen MR) is 127 cm³/mol. The van der Waals surface area contributed by atoms with E-state index < -0.39 is 24.3 Å². The van der Waals surface area contributed by atoms with Crippen LogP contribution in [0.1, 0.15) is 116 Å². The normalized spacial score (nSPS) is 14.4. The number of unbranched alkanes of at least 4 members (excludes halogenated alkanes) is 15. The van der Waals surface area contributed by atoms with Crippen molar-refractivity contribution in [3.8, 4) is 0 Å². The van der Waals surface area contributed by atoms with Crippen molar-refractivity contribution in [1.29, 1.82) is 0 Å². The van der Waals surface area contributed by atoms with Gasteiger partial charge in [-0.1, -0.05) is 126 Å². The molecule has 0 aromatic rings. The van der Waals surface area contributed by atoms with E-state index in [9.17, 15) is 20.1 Å². The van der Waals surface area contributed by atoms with Gasteiger partial charge in [0.05, 0.1) is 6.10 Å². The van der Waals surface area contributed by atoms with Gasteiger partial charge in [0, 0.05) is 5.33 Å². The second-order valence-corrected chi connectivity index (χ2v) is 9.24. The lowest BCUT2D eigenvalue weighted by atomic mass is 10.0. The van der Waals surface area contributed by atoms with E-state index in [-0.39, 0.29) is 6.61 Å². The van der Waals surface area contributed by atoms with Crippen molar-refractivity contribution in [3.63, 3.8) is 0 Å². The van der Waals surface area contributed by atoms with E-state index in [4.69, 9.17) is 4.74 Å². The van der Waals surface area contributed by atoms with E-state index in [2.05, 4.69) is 22.9 Å². The number of carbonyl (C=O) groups is 1. The Labute approximate surface area is 193 Å². The molecule has 0 heterocycles. The molecule has 0 aliphatic carbocycles. The van der Waals surface area contributed by atoms with Gasteiger partial charge in [0.25, 0.3) is 0 Å². The molecule has 0 aliphatic heterocycles. The molecule has 6 heteroatoms. The molecule has 0 aliphatic rings. The Morgan fingerprint density at radius 3 is 1.53 bits per heavy atom. The SMILES string of the molecule is CCCCCCCCCCCCCCCCCCC(O)C(O)C(O)C(=O)OCCBr. The fourth-order valence-electron chi connectivity index (χ4n) is 3.65. The third-order valence-electron chi connectivity index (χ3n) is 5.63. The third-order valence-corrected chi connectivity index (χ3v) is 5.96. The summed E-state index contributed by atoms with van der Waals surface area (Å²) in [6, 6.07) is 0. The van der Waals surface area contributed by atoms with Crippen LogP contribution >= 0.6 is 15.9 Å². The van der Waals surface area contributed by atoms with Gasteiger partial charge in [0.2, 0.25) is 0 Å². The highest BCUT2D eigenvalue weighted by atomic mass is 79.9. The predicted octanol–water partition coefficient (Wildman–Crippen LogP) is 5.66. The van der Waals surface area contributed by atoms with Crippen LogP contribution in [0.4, 0.5) is 0 Å². The molecule has 0 fully saturated rings. The maximum atomic E-state index is 11.5. The summed E-state index contributed by atoms with van der Waals surface area (Å²) >= 11 is 3.11. The molecule has 0 aromatic heterocycles. The Kier molecular flexibility index (Phi) is 21.9. The fraction of sp³-hybridized carbons (Fsp3) is 0.958. The standard InChI is InChI=1S/C24H47BrO5/c1-2-3-4-5-6-7-8-9-10-11-12-13-14-15-16-17-18-21(26)22(27)23(28)24(29)30-20-19-25/h21-23,26-28H,2-20H2,1H3. The molecule has 3 N–H and O–H groups in total. The Bertz CT molecular complexity index is 381. The highest BCUT2D eigenvalue weighted by Crippen LogP contribution is 2.15. The summed E-state index contributed by atoms with van der Waals surface area (Å²) < 4.78 is 4.75. The van der Waals surface area contributed by atoms with Crippen LogP contribution in [0, 0.1) is 0 Å². The second-order valence-electron chi connectivity index (χ2n) is 8.45. The molecule has 180 valence electrons. The average molecular weight is 496 g/mol. The molecule has 0 radical (unpaired) electrons. The lowest BCUT2D eigenvalue weighted by Crippen LogP contribution is -2.43. The van der Waals surface area contributed by atoms with Crippen molar-refractivity contribution in [2.75, 3.05) is 11.9 Å². The number of carbonyl (C=O) groups excluding carboxylic acids is 1. The van der Waals surface area contributed by atoms with E-state index in [0.717, 1.165) is 19.3 Å². The van der Waals surface area contributed by atoms with Crippen molar-refractivity contribution in [1.82, 2.24) is 0 Å². The van der Waals surface area contributed by atoms with Gasteiger partial charge < -0.3 is 20.1 Å². The third kappa shape index (κ3) is 17.5. The number of hydrogen-bond acceptors (Lipinski definition) is 5. The summed E-state index contributed by atoms with van der Waals surface area (Å²) in [6.45, 7) is 2.38. The zero-order valence-corrected chi connectivity index (χ0v) is 20.8. The van der Waals surface area contributed by atoms with Gasteiger partial charge in [-0.05, 0) is 6.42 Å². The summed E-state index contributed by atoms with van der Waals surface area (Å²) in [6.07, 6.45) is 16.6. The van der Waals surface area contributed by atoms with E-state index in [0.29, 0.717) is 11.8 Å². The molecule has 30 heavy (non-hydrogen) atoms. The summed E-state index contributed by atoms with van der Waals surface area (Å²) in [5.41, 5.74) is 0. The first kappa shape index (κ1) is 29.8. The molecule has 3 unspecified atom stereocenters. The summed E-state index contributed by atoms with van der Waals surface area (Å²) in [5, 5.41) is 30.0. The van der Waals surface area contributed by atoms with E-state index in [1.165, 1.54) is 83.5 Å². The molecular formula is C24H47BrO5. The molecule has 0 saturated carbocycles. The Morgan fingerprint density at radius 2 is 1.13 bits per heavy atom. The highest BCUT2D eigenvalue weighted by Gasteiger charge is 2.31. The number of alkyl halides is 1. The Hall–Kier alpha value is -0.170. The van der Waals surface area contributed by atoms with Gasteiger partial charge in [0.15, 0.2) is 6.10 Å². The Balaban J connectivity index is 3.43. The number of esters is 1. The van der Waals surface area contributed by atoms with E-state index >= 15 is 0 Å². The van der Waals surface area contributed by atoms with Crippen LogP contribution in [0.5, 0.6) is 0 Å². The Morgan fingerprint density at radius 1 is 0.733 bits per heavy atom. The van der Waals surface area contributed by atoms with Crippen LogP contribution in [0.2, 0.25) is 0 Å². The maximum Gasteiger partial charge on any atom is 0.337 e. The summed E-state index contributed by atoms with van der Waals surface area (Å²) in [4.78, 5) is 11.5. The van der Waals surface area contributed by atoms with Crippen molar-refractivity contribution in [2.45, 2.75) is 134 Å². The van der Waals surface area contributed by atoms with Gasteiger partial charge in [0.1, 0.15) is 12.7 Å². The molecule has 0 spiro atoms. The number of rotatable bonds is 22. The molecule has 0 saturated heterocycles.